The van der Waals surface area contributed by atoms with E-state index >= 15 is 0 Å². The highest BCUT2D eigenvalue weighted by atomic mass is 16.1. The molecule has 0 saturated heterocycles. The smallest absolute Gasteiger partial charge is 0.250 e. The van der Waals surface area contributed by atoms with E-state index in [1.165, 1.54) is 18.4 Å². The first-order valence-corrected chi connectivity index (χ1v) is 7.76. The number of hydrogen-bond donors (Lipinski definition) is 1. The molecule has 112 valence electrons. The molecule has 0 aliphatic carbocycles. The summed E-state index contributed by atoms with van der Waals surface area (Å²) in [5.74, 6) is 0. The van der Waals surface area contributed by atoms with Crippen molar-refractivity contribution in [1.29, 1.82) is 0 Å². The summed E-state index contributed by atoms with van der Waals surface area (Å²) in [6.07, 6.45) is 5.36. The van der Waals surface area contributed by atoms with Crippen molar-refractivity contribution in [3.8, 4) is 0 Å². The molecule has 2 aromatic rings. The van der Waals surface area contributed by atoms with Gasteiger partial charge in [-0.1, -0.05) is 50.1 Å². The van der Waals surface area contributed by atoms with E-state index in [-0.39, 0.29) is 11.6 Å². The highest BCUT2D eigenvalue weighted by molar-refractivity contribution is 5.43. The highest BCUT2D eigenvalue weighted by Crippen LogP contribution is 2.24. The van der Waals surface area contributed by atoms with Gasteiger partial charge in [-0.3, -0.25) is 4.79 Å². The van der Waals surface area contributed by atoms with Crippen LogP contribution in [0.5, 0.6) is 0 Å². The Morgan fingerprint density at radius 1 is 1.10 bits per heavy atom. The molecule has 3 heteroatoms. The third kappa shape index (κ3) is 4.22. The molecule has 1 aromatic heterocycles. The molecule has 21 heavy (non-hydrogen) atoms. The molecule has 0 aliphatic rings. The summed E-state index contributed by atoms with van der Waals surface area (Å²) in [6.45, 7) is 4.88. The fraction of sp³-hybridized carbons (Fsp3) is 0.389. The van der Waals surface area contributed by atoms with Crippen molar-refractivity contribution in [3.63, 3.8) is 0 Å². The van der Waals surface area contributed by atoms with Gasteiger partial charge in [0, 0.05) is 18.8 Å². The van der Waals surface area contributed by atoms with E-state index in [9.17, 15) is 4.79 Å². The summed E-state index contributed by atoms with van der Waals surface area (Å²) in [6, 6.07) is 14.3. The van der Waals surface area contributed by atoms with Gasteiger partial charge in [-0.15, -0.1) is 0 Å². The zero-order chi connectivity index (χ0) is 15.1. The Morgan fingerprint density at radius 3 is 2.52 bits per heavy atom. The molecule has 1 N–H and O–H groups in total. The minimum Gasteiger partial charge on any atom is -0.377 e. The lowest BCUT2D eigenvalue weighted by atomic mass is 10.0. The second kappa shape index (κ2) is 7.67. The number of aromatic nitrogens is 1. The molecule has 0 fully saturated rings. The van der Waals surface area contributed by atoms with Gasteiger partial charge in [0.2, 0.25) is 0 Å². The van der Waals surface area contributed by atoms with Gasteiger partial charge in [-0.25, -0.2) is 0 Å². The third-order valence-corrected chi connectivity index (χ3v) is 3.71. The molecule has 1 aromatic carbocycles. The molecule has 0 amide bonds. The number of anilines is 1. The Morgan fingerprint density at radius 2 is 1.86 bits per heavy atom. The largest absolute Gasteiger partial charge is 0.377 e. The van der Waals surface area contributed by atoms with E-state index in [0.717, 1.165) is 12.1 Å². The zero-order valence-electron chi connectivity index (χ0n) is 12.9. The lowest BCUT2D eigenvalue weighted by Gasteiger charge is -2.21. The van der Waals surface area contributed by atoms with E-state index in [2.05, 4.69) is 36.5 Å². The molecule has 2 rings (SSSR count). The molecule has 0 radical (unpaired) electrons. The topological polar surface area (TPSA) is 34.0 Å². The van der Waals surface area contributed by atoms with Crippen LogP contribution in [-0.2, 0) is 6.54 Å². The number of hydrogen-bond acceptors (Lipinski definition) is 2. The summed E-state index contributed by atoms with van der Waals surface area (Å²) in [5, 5.41) is 3.57. The predicted molar refractivity (Wildman–Crippen MR) is 88.7 cm³/mol. The van der Waals surface area contributed by atoms with Gasteiger partial charge in [0.15, 0.2) is 0 Å². The predicted octanol–water partition coefficient (Wildman–Crippen LogP) is 4.21. The van der Waals surface area contributed by atoms with Crippen molar-refractivity contribution in [1.82, 2.24) is 4.57 Å². The van der Waals surface area contributed by atoms with Crippen molar-refractivity contribution < 1.29 is 0 Å². The second-order valence-corrected chi connectivity index (χ2v) is 5.29. The summed E-state index contributed by atoms with van der Waals surface area (Å²) >= 11 is 0. The maximum Gasteiger partial charge on any atom is 0.250 e. The summed E-state index contributed by atoms with van der Waals surface area (Å²) in [4.78, 5) is 11.7. The first kappa shape index (κ1) is 15.4. The first-order valence-electron chi connectivity index (χ1n) is 7.76. The molecular formula is C18H24N2O. The average molecular weight is 284 g/mol. The van der Waals surface area contributed by atoms with E-state index in [1.807, 2.05) is 25.3 Å². The Labute approximate surface area is 126 Å². The average Bonchev–Trinajstić information content (AvgIpc) is 2.53. The van der Waals surface area contributed by atoms with Crippen LogP contribution in [0.2, 0.25) is 0 Å². The fourth-order valence-electron chi connectivity index (χ4n) is 2.48. The van der Waals surface area contributed by atoms with Crippen LogP contribution >= 0.6 is 0 Å². The Bertz CT molecular complexity index is 604. The Hall–Kier alpha value is -2.03. The molecular weight excluding hydrogens is 260 g/mol. The molecule has 1 heterocycles. The van der Waals surface area contributed by atoms with Crippen LogP contribution in [-0.4, -0.2) is 4.57 Å². The number of nitrogens with one attached hydrogen (secondary N) is 1. The van der Waals surface area contributed by atoms with E-state index in [1.54, 1.807) is 10.6 Å². The fourth-order valence-corrected chi connectivity index (χ4v) is 2.48. The van der Waals surface area contributed by atoms with Crippen molar-refractivity contribution in [3.05, 3.63) is 64.6 Å². The number of rotatable bonds is 7. The molecule has 1 atom stereocenters. The van der Waals surface area contributed by atoms with Crippen LogP contribution in [0.4, 0.5) is 5.69 Å². The summed E-state index contributed by atoms with van der Waals surface area (Å²) < 4.78 is 1.73. The number of nitrogens with zero attached hydrogens (tertiary/aromatic N) is 1. The summed E-state index contributed by atoms with van der Waals surface area (Å²) in [7, 11) is 0. The molecule has 0 spiro atoms. The molecule has 1 unspecified atom stereocenters. The minimum atomic E-state index is 0.0490. The molecule has 0 saturated carbocycles. The van der Waals surface area contributed by atoms with Gasteiger partial charge < -0.3 is 9.88 Å². The van der Waals surface area contributed by atoms with Gasteiger partial charge in [-0.2, -0.15) is 0 Å². The van der Waals surface area contributed by atoms with Gasteiger partial charge in [-0.05, 0) is 25.0 Å². The van der Waals surface area contributed by atoms with Crippen molar-refractivity contribution in [2.45, 2.75) is 45.7 Å². The molecule has 0 bridgehead atoms. The first-order chi connectivity index (χ1) is 10.2. The number of benzene rings is 1. The standard InChI is InChI=1S/C18H24N2O/c1-3-5-11-17(15-9-7-6-8-10-15)19-16-12-13-18(21)20(4-2)14-16/h6-10,12-14,17,19H,3-5,11H2,1-2H3. The zero-order valence-corrected chi connectivity index (χ0v) is 12.9. The van der Waals surface area contributed by atoms with Crippen LogP contribution in [0.3, 0.4) is 0 Å². The maximum atomic E-state index is 11.7. The number of aryl methyl sites for hydroxylation is 1. The monoisotopic (exact) mass is 284 g/mol. The quantitative estimate of drug-likeness (QED) is 0.826. The van der Waals surface area contributed by atoms with Crippen molar-refractivity contribution >= 4 is 5.69 Å². The van der Waals surface area contributed by atoms with E-state index < -0.39 is 0 Å². The van der Waals surface area contributed by atoms with Crippen LogP contribution in [0.1, 0.15) is 44.7 Å². The SMILES string of the molecule is CCCCC(Nc1ccc(=O)n(CC)c1)c1ccccc1. The van der Waals surface area contributed by atoms with Gasteiger partial charge in [0.25, 0.3) is 5.56 Å². The lowest BCUT2D eigenvalue weighted by Crippen LogP contribution is -2.19. The van der Waals surface area contributed by atoms with Gasteiger partial charge in [0.1, 0.15) is 0 Å². The van der Waals surface area contributed by atoms with Crippen LogP contribution in [0.15, 0.2) is 53.5 Å². The number of unbranched alkanes of at least 4 members (excludes halogenated alkanes) is 1. The minimum absolute atomic E-state index is 0.0490. The van der Waals surface area contributed by atoms with Gasteiger partial charge >= 0.3 is 0 Å². The van der Waals surface area contributed by atoms with Crippen LogP contribution in [0, 0.1) is 0 Å². The van der Waals surface area contributed by atoms with Crippen LogP contribution in [0.25, 0.3) is 0 Å². The maximum absolute atomic E-state index is 11.7. The van der Waals surface area contributed by atoms with E-state index in [0.29, 0.717) is 6.54 Å². The lowest BCUT2D eigenvalue weighted by molar-refractivity contribution is 0.632. The normalized spacial score (nSPS) is 12.1. The van der Waals surface area contributed by atoms with Crippen molar-refractivity contribution in [2.75, 3.05) is 5.32 Å². The second-order valence-electron chi connectivity index (χ2n) is 5.29. The number of pyridine rings is 1. The van der Waals surface area contributed by atoms with E-state index in [4.69, 9.17) is 0 Å². The Balaban J connectivity index is 2.20. The third-order valence-electron chi connectivity index (χ3n) is 3.71. The Kier molecular flexibility index (Phi) is 5.61. The highest BCUT2D eigenvalue weighted by Gasteiger charge is 2.11. The van der Waals surface area contributed by atoms with Crippen molar-refractivity contribution in [2.24, 2.45) is 0 Å². The summed E-state index contributed by atoms with van der Waals surface area (Å²) in [5.41, 5.74) is 2.34. The van der Waals surface area contributed by atoms with Crippen LogP contribution < -0.4 is 10.9 Å². The molecule has 3 nitrogen and oxygen atoms in total. The molecule has 0 aliphatic heterocycles. The van der Waals surface area contributed by atoms with Gasteiger partial charge in [0.05, 0.1) is 11.7 Å².